The Morgan fingerprint density at radius 3 is 2.55 bits per heavy atom. The van der Waals surface area contributed by atoms with Crippen LogP contribution in [0, 0.1) is 6.92 Å². The monoisotopic (exact) mass is 342 g/mol. The minimum atomic E-state index is 0.268. The fourth-order valence-electron chi connectivity index (χ4n) is 3.28. The number of nitrogens with one attached hydrogen (secondary N) is 1. The van der Waals surface area contributed by atoms with Crippen LogP contribution in [-0.2, 0) is 13.6 Å². The quantitative estimate of drug-likeness (QED) is 0.913. The molecule has 4 nitrogen and oxygen atoms in total. The highest BCUT2D eigenvalue weighted by Crippen LogP contribution is 2.31. The number of aryl methyl sites for hydroxylation is 2. The summed E-state index contributed by atoms with van der Waals surface area (Å²) in [5, 5.41) is 8.17. The Bertz CT molecular complexity index is 465. The van der Waals surface area contributed by atoms with Gasteiger partial charge in [0.25, 0.3) is 0 Å². The molecule has 0 saturated carbocycles. The van der Waals surface area contributed by atoms with Gasteiger partial charge in [0.1, 0.15) is 0 Å². The first-order valence-corrected chi connectivity index (χ1v) is 8.39. The molecule has 0 amide bonds. The Kier molecular flexibility index (Phi) is 4.92. The standard InChI is InChI=1S/C15H27BrN4/c1-6-15(7-2)10-17-11(3)8-20(15)9-13-14(16)12(4)18-19(13)5/h11,17H,6-10H2,1-5H3. The van der Waals surface area contributed by atoms with Gasteiger partial charge in [-0.3, -0.25) is 9.58 Å². The molecular weight excluding hydrogens is 316 g/mol. The molecule has 1 saturated heterocycles. The molecule has 0 spiro atoms. The maximum absolute atomic E-state index is 4.52. The molecule has 0 aromatic carbocycles. The zero-order valence-corrected chi connectivity index (χ0v) is 14.9. The molecule has 1 fully saturated rings. The predicted molar refractivity (Wildman–Crippen MR) is 86.8 cm³/mol. The van der Waals surface area contributed by atoms with Crippen LogP contribution in [0.2, 0.25) is 0 Å². The van der Waals surface area contributed by atoms with Gasteiger partial charge in [0.05, 0.1) is 15.9 Å². The molecule has 2 heterocycles. The predicted octanol–water partition coefficient (Wildman–Crippen LogP) is 2.84. The summed E-state index contributed by atoms with van der Waals surface area (Å²) >= 11 is 3.70. The van der Waals surface area contributed by atoms with E-state index in [1.165, 1.54) is 18.5 Å². The minimum absolute atomic E-state index is 0.268. The molecule has 1 N–H and O–H groups in total. The summed E-state index contributed by atoms with van der Waals surface area (Å²) in [5.74, 6) is 0. The second-order valence-electron chi connectivity index (χ2n) is 6.06. The van der Waals surface area contributed by atoms with Gasteiger partial charge in [-0.1, -0.05) is 13.8 Å². The van der Waals surface area contributed by atoms with Crippen LogP contribution in [0.15, 0.2) is 4.47 Å². The van der Waals surface area contributed by atoms with Gasteiger partial charge in [0.2, 0.25) is 0 Å². The van der Waals surface area contributed by atoms with Gasteiger partial charge in [-0.15, -0.1) is 0 Å². The summed E-state index contributed by atoms with van der Waals surface area (Å²) in [4.78, 5) is 2.65. The van der Waals surface area contributed by atoms with Crippen molar-refractivity contribution in [2.45, 2.75) is 58.7 Å². The van der Waals surface area contributed by atoms with E-state index in [0.717, 1.165) is 29.8 Å². The molecule has 2 rings (SSSR count). The van der Waals surface area contributed by atoms with E-state index < -0.39 is 0 Å². The van der Waals surface area contributed by atoms with Gasteiger partial charge >= 0.3 is 0 Å². The third-order valence-electron chi connectivity index (χ3n) is 4.86. The van der Waals surface area contributed by atoms with E-state index in [1.807, 2.05) is 11.7 Å². The molecule has 0 aliphatic carbocycles. The Morgan fingerprint density at radius 1 is 1.40 bits per heavy atom. The summed E-state index contributed by atoms with van der Waals surface area (Å²) in [6.07, 6.45) is 2.36. The first-order chi connectivity index (χ1) is 9.43. The average molecular weight is 343 g/mol. The van der Waals surface area contributed by atoms with Crippen LogP contribution in [0.4, 0.5) is 0 Å². The van der Waals surface area contributed by atoms with E-state index in [0.29, 0.717) is 6.04 Å². The number of aromatic nitrogens is 2. The summed E-state index contributed by atoms with van der Waals surface area (Å²) < 4.78 is 3.18. The fourth-order valence-corrected chi connectivity index (χ4v) is 3.74. The van der Waals surface area contributed by atoms with Crippen molar-refractivity contribution in [1.82, 2.24) is 20.0 Å². The van der Waals surface area contributed by atoms with Crippen LogP contribution in [0.25, 0.3) is 0 Å². The van der Waals surface area contributed by atoms with E-state index in [9.17, 15) is 0 Å². The first-order valence-electron chi connectivity index (χ1n) is 7.60. The van der Waals surface area contributed by atoms with Crippen LogP contribution in [-0.4, -0.2) is 39.4 Å². The number of hydrogen-bond acceptors (Lipinski definition) is 3. The SMILES string of the molecule is CCC1(CC)CNC(C)CN1Cc1c(Br)c(C)nn1C. The summed E-state index contributed by atoms with van der Waals surface area (Å²) in [7, 11) is 2.04. The fraction of sp³-hybridized carbons (Fsp3) is 0.800. The highest BCUT2D eigenvalue weighted by molar-refractivity contribution is 9.10. The number of nitrogens with zero attached hydrogens (tertiary/aromatic N) is 3. The van der Waals surface area contributed by atoms with Crippen molar-refractivity contribution in [2.24, 2.45) is 7.05 Å². The van der Waals surface area contributed by atoms with Gasteiger partial charge < -0.3 is 5.32 Å². The van der Waals surface area contributed by atoms with Gasteiger partial charge in [-0.25, -0.2) is 0 Å². The zero-order valence-electron chi connectivity index (χ0n) is 13.3. The summed E-state index contributed by atoms with van der Waals surface area (Å²) in [5.41, 5.74) is 2.62. The van der Waals surface area contributed by atoms with Crippen molar-refractivity contribution in [1.29, 1.82) is 0 Å². The van der Waals surface area contributed by atoms with Crippen LogP contribution >= 0.6 is 15.9 Å². The number of halogens is 1. The first kappa shape index (κ1) is 16.0. The summed E-state index contributed by atoms with van der Waals surface area (Å²) in [6.45, 7) is 12.1. The minimum Gasteiger partial charge on any atom is -0.311 e. The third kappa shape index (κ3) is 2.81. The Balaban J connectivity index is 2.28. The van der Waals surface area contributed by atoms with Crippen molar-refractivity contribution < 1.29 is 0 Å². The van der Waals surface area contributed by atoms with Crippen LogP contribution in [0.5, 0.6) is 0 Å². The Labute approximate surface area is 131 Å². The average Bonchev–Trinajstić information content (AvgIpc) is 2.66. The van der Waals surface area contributed by atoms with Crippen molar-refractivity contribution >= 4 is 15.9 Å². The molecule has 5 heteroatoms. The van der Waals surface area contributed by atoms with E-state index in [2.05, 4.69) is 58.9 Å². The van der Waals surface area contributed by atoms with E-state index in [-0.39, 0.29) is 5.54 Å². The normalized spacial score (nSPS) is 23.2. The van der Waals surface area contributed by atoms with Gasteiger partial charge in [0, 0.05) is 38.3 Å². The molecular formula is C15H27BrN4. The highest BCUT2D eigenvalue weighted by atomic mass is 79.9. The third-order valence-corrected chi connectivity index (χ3v) is 5.89. The van der Waals surface area contributed by atoms with Gasteiger partial charge in [-0.05, 0) is 42.6 Å². The lowest BCUT2D eigenvalue weighted by Crippen LogP contribution is -2.63. The van der Waals surface area contributed by atoms with Crippen LogP contribution < -0.4 is 5.32 Å². The Morgan fingerprint density at radius 2 is 2.05 bits per heavy atom. The number of rotatable bonds is 4. The van der Waals surface area contributed by atoms with Crippen LogP contribution in [0.1, 0.15) is 45.0 Å². The van der Waals surface area contributed by atoms with Crippen LogP contribution in [0.3, 0.4) is 0 Å². The molecule has 1 aliphatic heterocycles. The van der Waals surface area contributed by atoms with Crippen molar-refractivity contribution in [2.75, 3.05) is 13.1 Å². The number of hydrogen-bond donors (Lipinski definition) is 1. The summed E-state index contributed by atoms with van der Waals surface area (Å²) in [6, 6.07) is 0.550. The van der Waals surface area contributed by atoms with Gasteiger partial charge in [-0.2, -0.15) is 5.10 Å². The molecule has 114 valence electrons. The molecule has 0 bridgehead atoms. The molecule has 1 aromatic heterocycles. The second kappa shape index (κ2) is 6.16. The molecule has 1 unspecified atom stereocenters. The second-order valence-corrected chi connectivity index (χ2v) is 6.86. The van der Waals surface area contributed by atoms with E-state index in [1.54, 1.807) is 0 Å². The van der Waals surface area contributed by atoms with Crippen molar-refractivity contribution in [3.8, 4) is 0 Å². The topological polar surface area (TPSA) is 33.1 Å². The van der Waals surface area contributed by atoms with Crippen molar-refractivity contribution in [3.63, 3.8) is 0 Å². The molecule has 1 aliphatic rings. The maximum atomic E-state index is 4.52. The lowest BCUT2D eigenvalue weighted by Gasteiger charge is -2.49. The lowest BCUT2D eigenvalue weighted by molar-refractivity contribution is 0.0258. The molecule has 20 heavy (non-hydrogen) atoms. The maximum Gasteiger partial charge on any atom is 0.0739 e. The van der Waals surface area contributed by atoms with E-state index in [4.69, 9.17) is 0 Å². The van der Waals surface area contributed by atoms with Crippen molar-refractivity contribution in [3.05, 3.63) is 15.9 Å². The molecule has 0 radical (unpaired) electrons. The molecule has 1 atom stereocenters. The number of piperazine rings is 1. The zero-order chi connectivity index (χ0) is 14.9. The lowest BCUT2D eigenvalue weighted by atomic mass is 9.87. The highest BCUT2D eigenvalue weighted by Gasteiger charge is 2.38. The smallest absolute Gasteiger partial charge is 0.0739 e. The largest absolute Gasteiger partial charge is 0.311 e. The Hall–Kier alpha value is -0.390. The van der Waals surface area contributed by atoms with E-state index >= 15 is 0 Å². The molecule has 1 aromatic rings. The van der Waals surface area contributed by atoms with Gasteiger partial charge in [0.15, 0.2) is 0 Å².